The van der Waals surface area contributed by atoms with Crippen molar-refractivity contribution in [1.82, 2.24) is 9.71 Å². The third-order valence-corrected chi connectivity index (χ3v) is 4.13. The first kappa shape index (κ1) is 13.9. The predicted octanol–water partition coefficient (Wildman–Crippen LogP) is 0.690. The van der Waals surface area contributed by atoms with E-state index in [-0.39, 0.29) is 22.7 Å². The molecule has 1 atom stereocenters. The van der Waals surface area contributed by atoms with Crippen molar-refractivity contribution in [2.75, 3.05) is 5.43 Å². The maximum atomic E-state index is 12.1. The van der Waals surface area contributed by atoms with Gasteiger partial charge >= 0.3 is 0 Å². The number of sulfonamides is 1. The lowest BCUT2D eigenvalue weighted by atomic mass is 10.1. The molecule has 0 amide bonds. The smallest absolute Gasteiger partial charge is 0.244 e. The summed E-state index contributed by atoms with van der Waals surface area (Å²) in [5, 5.41) is 0. The van der Waals surface area contributed by atoms with Crippen molar-refractivity contribution >= 4 is 15.8 Å². The molecule has 0 spiro atoms. The first-order chi connectivity index (χ1) is 7.88. The van der Waals surface area contributed by atoms with Crippen molar-refractivity contribution in [3.05, 3.63) is 18.3 Å². The SMILES string of the molecule is CC(C)C(C)NS(=O)(=O)c1cccnc1NN. The number of nitrogen functional groups attached to an aromatic ring is 1. The molecule has 0 fully saturated rings. The second kappa shape index (κ2) is 5.44. The normalized spacial score (nSPS) is 13.7. The molecule has 1 aromatic rings. The molecule has 0 saturated heterocycles. The Morgan fingerprint density at radius 2 is 2.00 bits per heavy atom. The molecule has 7 heteroatoms. The lowest BCUT2D eigenvalue weighted by Crippen LogP contribution is -2.36. The Hall–Kier alpha value is -1.18. The molecule has 0 aliphatic carbocycles. The third-order valence-electron chi connectivity index (χ3n) is 2.54. The highest BCUT2D eigenvalue weighted by Crippen LogP contribution is 2.17. The van der Waals surface area contributed by atoms with Crippen LogP contribution < -0.4 is 16.0 Å². The number of nitrogens with zero attached hydrogens (tertiary/aromatic N) is 1. The molecule has 1 rings (SSSR count). The standard InChI is InChI=1S/C10H18N4O2S/c1-7(2)8(3)14-17(15,16)9-5-4-6-12-10(9)13-11/h4-8,14H,11H2,1-3H3,(H,12,13). The number of nitrogens with one attached hydrogen (secondary N) is 2. The first-order valence-electron chi connectivity index (χ1n) is 5.32. The van der Waals surface area contributed by atoms with Gasteiger partial charge in [0.2, 0.25) is 10.0 Å². The van der Waals surface area contributed by atoms with Crippen LogP contribution in [0.25, 0.3) is 0 Å². The number of pyridine rings is 1. The molecule has 1 heterocycles. The van der Waals surface area contributed by atoms with E-state index in [0.717, 1.165) is 0 Å². The third kappa shape index (κ3) is 3.39. The van der Waals surface area contributed by atoms with Crippen molar-refractivity contribution in [3.8, 4) is 0 Å². The van der Waals surface area contributed by atoms with Crippen LogP contribution in [0.15, 0.2) is 23.2 Å². The minimum absolute atomic E-state index is 0.0509. The van der Waals surface area contributed by atoms with Gasteiger partial charge in [-0.05, 0) is 25.0 Å². The molecule has 96 valence electrons. The van der Waals surface area contributed by atoms with Gasteiger partial charge in [0.15, 0.2) is 5.82 Å². The largest absolute Gasteiger partial charge is 0.307 e. The van der Waals surface area contributed by atoms with E-state index in [9.17, 15) is 8.42 Å². The summed E-state index contributed by atoms with van der Waals surface area (Å²) in [6, 6.07) is 2.85. The Morgan fingerprint density at radius 1 is 1.35 bits per heavy atom. The van der Waals surface area contributed by atoms with E-state index in [2.05, 4.69) is 15.1 Å². The molecule has 17 heavy (non-hydrogen) atoms. The minimum atomic E-state index is -3.60. The van der Waals surface area contributed by atoms with Gasteiger partial charge in [-0.3, -0.25) is 0 Å². The summed E-state index contributed by atoms with van der Waals surface area (Å²) >= 11 is 0. The molecule has 0 radical (unpaired) electrons. The van der Waals surface area contributed by atoms with Crippen LogP contribution >= 0.6 is 0 Å². The number of rotatable bonds is 5. The van der Waals surface area contributed by atoms with Crippen LogP contribution in [0.5, 0.6) is 0 Å². The lowest BCUT2D eigenvalue weighted by Gasteiger charge is -2.18. The lowest BCUT2D eigenvalue weighted by molar-refractivity contribution is 0.476. The topological polar surface area (TPSA) is 97.1 Å². The Morgan fingerprint density at radius 3 is 2.53 bits per heavy atom. The summed E-state index contributed by atoms with van der Waals surface area (Å²) in [5.74, 6) is 5.57. The molecule has 0 aliphatic rings. The highest BCUT2D eigenvalue weighted by molar-refractivity contribution is 7.89. The van der Waals surface area contributed by atoms with Crippen LogP contribution in [0.3, 0.4) is 0 Å². The summed E-state index contributed by atoms with van der Waals surface area (Å²) < 4.78 is 26.7. The zero-order valence-electron chi connectivity index (χ0n) is 10.1. The predicted molar refractivity (Wildman–Crippen MR) is 66.7 cm³/mol. The van der Waals surface area contributed by atoms with E-state index < -0.39 is 10.0 Å². The van der Waals surface area contributed by atoms with Gasteiger partial charge in [0.25, 0.3) is 0 Å². The maximum absolute atomic E-state index is 12.1. The van der Waals surface area contributed by atoms with Gasteiger partial charge in [0.05, 0.1) is 0 Å². The first-order valence-corrected chi connectivity index (χ1v) is 6.80. The second-order valence-electron chi connectivity index (χ2n) is 4.15. The van der Waals surface area contributed by atoms with Crippen molar-refractivity contribution in [2.45, 2.75) is 31.7 Å². The Bertz CT molecular complexity index is 473. The van der Waals surface area contributed by atoms with Crippen LogP contribution in [-0.4, -0.2) is 19.4 Å². The minimum Gasteiger partial charge on any atom is -0.307 e. The highest BCUT2D eigenvalue weighted by atomic mass is 32.2. The molecule has 1 unspecified atom stereocenters. The molecule has 6 nitrogen and oxygen atoms in total. The summed E-state index contributed by atoms with van der Waals surface area (Å²) in [4.78, 5) is 3.91. The van der Waals surface area contributed by atoms with Crippen molar-refractivity contribution < 1.29 is 8.42 Å². The molecular formula is C10H18N4O2S. The van der Waals surface area contributed by atoms with Gasteiger partial charge in [0.1, 0.15) is 4.90 Å². The van der Waals surface area contributed by atoms with Crippen LogP contribution in [0.4, 0.5) is 5.82 Å². The summed E-state index contributed by atoms with van der Waals surface area (Å²) in [6.07, 6.45) is 1.47. The van der Waals surface area contributed by atoms with Gasteiger partial charge in [0, 0.05) is 12.2 Å². The van der Waals surface area contributed by atoms with Gasteiger partial charge < -0.3 is 5.43 Å². The second-order valence-corrected chi connectivity index (χ2v) is 5.83. The van der Waals surface area contributed by atoms with E-state index in [1.807, 2.05) is 20.8 Å². The molecule has 0 aliphatic heterocycles. The summed E-state index contributed by atoms with van der Waals surface area (Å²) in [6.45, 7) is 5.70. The number of hydrogen-bond donors (Lipinski definition) is 3. The summed E-state index contributed by atoms with van der Waals surface area (Å²) in [5.41, 5.74) is 2.27. The molecule has 0 bridgehead atoms. The van der Waals surface area contributed by atoms with Crippen molar-refractivity contribution in [3.63, 3.8) is 0 Å². The fourth-order valence-corrected chi connectivity index (χ4v) is 2.67. The molecule has 1 aromatic heterocycles. The van der Waals surface area contributed by atoms with E-state index >= 15 is 0 Å². The van der Waals surface area contributed by atoms with Gasteiger partial charge in [-0.25, -0.2) is 24.0 Å². The number of aromatic nitrogens is 1. The molecule has 4 N–H and O–H groups in total. The van der Waals surface area contributed by atoms with Crippen LogP contribution in [0, 0.1) is 5.92 Å². The maximum Gasteiger partial charge on any atom is 0.244 e. The van der Waals surface area contributed by atoms with Crippen molar-refractivity contribution in [1.29, 1.82) is 0 Å². The van der Waals surface area contributed by atoms with Gasteiger partial charge in [-0.15, -0.1) is 0 Å². The molecular weight excluding hydrogens is 240 g/mol. The number of nitrogens with two attached hydrogens (primary N) is 1. The van der Waals surface area contributed by atoms with Gasteiger partial charge in [-0.2, -0.15) is 0 Å². The average molecular weight is 258 g/mol. The fourth-order valence-electron chi connectivity index (χ4n) is 1.16. The Labute approximate surface area is 102 Å². The monoisotopic (exact) mass is 258 g/mol. The van der Waals surface area contributed by atoms with Crippen LogP contribution in [-0.2, 0) is 10.0 Å². The van der Waals surface area contributed by atoms with Gasteiger partial charge in [-0.1, -0.05) is 13.8 Å². The van der Waals surface area contributed by atoms with E-state index in [1.165, 1.54) is 12.3 Å². The number of anilines is 1. The summed E-state index contributed by atoms with van der Waals surface area (Å²) in [7, 11) is -3.60. The molecule has 0 aromatic carbocycles. The number of hydrazine groups is 1. The van der Waals surface area contributed by atoms with Crippen LogP contribution in [0.2, 0.25) is 0 Å². The quantitative estimate of drug-likeness (QED) is 0.533. The van der Waals surface area contributed by atoms with E-state index in [0.29, 0.717) is 0 Å². The molecule has 0 saturated carbocycles. The highest BCUT2D eigenvalue weighted by Gasteiger charge is 2.22. The number of hydrogen-bond acceptors (Lipinski definition) is 5. The van der Waals surface area contributed by atoms with E-state index in [1.54, 1.807) is 6.07 Å². The van der Waals surface area contributed by atoms with Crippen molar-refractivity contribution in [2.24, 2.45) is 11.8 Å². The zero-order chi connectivity index (χ0) is 13.1. The zero-order valence-corrected chi connectivity index (χ0v) is 11.0. The van der Waals surface area contributed by atoms with Crippen LogP contribution in [0.1, 0.15) is 20.8 Å². The van der Waals surface area contributed by atoms with E-state index in [4.69, 9.17) is 5.84 Å². The average Bonchev–Trinajstić information content (AvgIpc) is 2.28. The fraction of sp³-hybridized carbons (Fsp3) is 0.500. The Kier molecular flexibility index (Phi) is 4.44. The Balaban J connectivity index is 3.05.